The molecule has 118 valence electrons. The number of benzene rings is 2. The van der Waals surface area contributed by atoms with Gasteiger partial charge in [0.1, 0.15) is 0 Å². The van der Waals surface area contributed by atoms with Crippen LogP contribution in [0.2, 0.25) is 5.02 Å². The molecule has 1 heterocycles. The Morgan fingerprint density at radius 2 is 1.70 bits per heavy atom. The lowest BCUT2D eigenvalue weighted by atomic mass is 9.86. The van der Waals surface area contributed by atoms with Crippen molar-refractivity contribution in [3.8, 4) is 11.3 Å². The molecule has 0 radical (unpaired) electrons. The van der Waals surface area contributed by atoms with Gasteiger partial charge in [-0.15, -0.1) is 0 Å². The summed E-state index contributed by atoms with van der Waals surface area (Å²) in [7, 11) is 0. The molecule has 1 aromatic heterocycles. The number of H-pyrrole nitrogens is 1. The maximum absolute atomic E-state index is 11.7. The smallest absolute Gasteiger partial charge is 0.152 e. The highest BCUT2D eigenvalue weighted by molar-refractivity contribution is 6.37. The molecule has 0 atom stereocenters. The molecular formula is C20H20ClNO. The summed E-state index contributed by atoms with van der Waals surface area (Å²) in [5, 5.41) is 1.40. The van der Waals surface area contributed by atoms with Gasteiger partial charge in [-0.3, -0.25) is 4.79 Å². The van der Waals surface area contributed by atoms with Crippen molar-refractivity contribution in [2.24, 2.45) is 0 Å². The lowest BCUT2D eigenvalue weighted by Crippen LogP contribution is -2.10. The number of halogens is 1. The van der Waals surface area contributed by atoms with E-state index >= 15 is 0 Å². The molecular weight excluding hydrogens is 306 g/mol. The van der Waals surface area contributed by atoms with Gasteiger partial charge < -0.3 is 4.98 Å². The summed E-state index contributed by atoms with van der Waals surface area (Å²) in [4.78, 5) is 15.1. The molecule has 0 bridgehead atoms. The Hall–Kier alpha value is -2.06. The molecule has 2 aromatic carbocycles. The van der Waals surface area contributed by atoms with Gasteiger partial charge in [-0.2, -0.15) is 0 Å². The zero-order valence-corrected chi connectivity index (χ0v) is 14.6. The molecule has 0 amide bonds. The van der Waals surface area contributed by atoms with E-state index in [4.69, 9.17) is 11.6 Å². The number of aldehydes is 1. The SMILES string of the molecule is Cc1ccc(Cl)c2c(C=O)c(-c3ccc(C(C)(C)C)cc3)[nH]c12. The Morgan fingerprint density at radius 3 is 2.26 bits per heavy atom. The first-order chi connectivity index (χ1) is 10.8. The van der Waals surface area contributed by atoms with E-state index in [1.807, 2.05) is 19.1 Å². The van der Waals surface area contributed by atoms with E-state index in [-0.39, 0.29) is 5.41 Å². The van der Waals surface area contributed by atoms with Gasteiger partial charge >= 0.3 is 0 Å². The van der Waals surface area contributed by atoms with E-state index in [9.17, 15) is 4.79 Å². The van der Waals surface area contributed by atoms with E-state index in [1.165, 1.54) is 5.56 Å². The van der Waals surface area contributed by atoms with Crippen LogP contribution >= 0.6 is 11.6 Å². The summed E-state index contributed by atoms with van der Waals surface area (Å²) in [6, 6.07) is 12.1. The average molecular weight is 326 g/mol. The van der Waals surface area contributed by atoms with Crippen LogP contribution in [0, 0.1) is 6.92 Å². The quantitative estimate of drug-likeness (QED) is 0.584. The minimum absolute atomic E-state index is 0.104. The average Bonchev–Trinajstić information content (AvgIpc) is 2.91. The first kappa shape index (κ1) is 15.8. The summed E-state index contributed by atoms with van der Waals surface area (Å²) in [5.74, 6) is 0. The predicted octanol–water partition coefficient (Wildman–Crippen LogP) is 5.91. The molecule has 2 nitrogen and oxygen atoms in total. The number of hydrogen-bond acceptors (Lipinski definition) is 1. The second kappa shape index (κ2) is 5.54. The van der Waals surface area contributed by atoms with E-state index in [1.54, 1.807) is 0 Å². The highest BCUT2D eigenvalue weighted by Gasteiger charge is 2.18. The second-order valence-corrected chi connectivity index (χ2v) is 7.38. The number of rotatable bonds is 2. The van der Waals surface area contributed by atoms with Gasteiger partial charge in [0.15, 0.2) is 6.29 Å². The van der Waals surface area contributed by atoms with E-state index in [0.29, 0.717) is 10.6 Å². The maximum Gasteiger partial charge on any atom is 0.152 e. The molecule has 3 aromatic rings. The third-order valence-electron chi connectivity index (χ3n) is 4.31. The molecule has 0 aliphatic rings. The maximum atomic E-state index is 11.7. The molecule has 0 spiro atoms. The van der Waals surface area contributed by atoms with Gasteiger partial charge in [-0.05, 0) is 35.1 Å². The number of carbonyl (C=O) groups is 1. The lowest BCUT2D eigenvalue weighted by molar-refractivity contribution is 0.112. The van der Waals surface area contributed by atoms with Gasteiger partial charge in [0, 0.05) is 10.9 Å². The zero-order chi connectivity index (χ0) is 16.8. The highest BCUT2D eigenvalue weighted by atomic mass is 35.5. The minimum atomic E-state index is 0.104. The predicted molar refractivity (Wildman–Crippen MR) is 97.6 cm³/mol. The number of aromatic amines is 1. The fraction of sp³-hybridized carbons (Fsp3) is 0.250. The zero-order valence-electron chi connectivity index (χ0n) is 13.8. The molecule has 0 aliphatic carbocycles. The van der Waals surface area contributed by atoms with Crippen molar-refractivity contribution >= 4 is 28.8 Å². The standard InChI is InChI=1S/C20H20ClNO/c1-12-5-10-16(21)17-15(11-23)19(22-18(12)17)13-6-8-14(9-7-13)20(2,3)4/h5-11,22H,1-4H3. The topological polar surface area (TPSA) is 32.9 Å². The number of aryl methyl sites for hydroxylation is 1. The Morgan fingerprint density at radius 1 is 1.04 bits per heavy atom. The van der Waals surface area contributed by atoms with Crippen LogP contribution in [-0.4, -0.2) is 11.3 Å². The van der Waals surface area contributed by atoms with Crippen LogP contribution in [0.15, 0.2) is 36.4 Å². The number of nitrogens with one attached hydrogen (secondary N) is 1. The number of carbonyl (C=O) groups excluding carboxylic acids is 1. The van der Waals surface area contributed by atoms with Crippen LogP contribution in [0.25, 0.3) is 22.2 Å². The summed E-state index contributed by atoms with van der Waals surface area (Å²) in [6.07, 6.45) is 0.886. The van der Waals surface area contributed by atoms with Gasteiger partial charge in [-0.25, -0.2) is 0 Å². The third kappa shape index (κ3) is 2.68. The van der Waals surface area contributed by atoms with Gasteiger partial charge in [0.25, 0.3) is 0 Å². The van der Waals surface area contributed by atoms with Crippen molar-refractivity contribution in [2.45, 2.75) is 33.1 Å². The Balaban J connectivity index is 2.22. The van der Waals surface area contributed by atoms with Crippen LogP contribution in [0.1, 0.15) is 42.3 Å². The lowest BCUT2D eigenvalue weighted by Gasteiger charge is -2.19. The molecule has 3 heteroatoms. The molecule has 23 heavy (non-hydrogen) atoms. The molecule has 0 aliphatic heterocycles. The van der Waals surface area contributed by atoms with Gasteiger partial charge in [0.05, 0.1) is 16.2 Å². The van der Waals surface area contributed by atoms with Crippen molar-refractivity contribution in [3.63, 3.8) is 0 Å². The normalized spacial score (nSPS) is 11.9. The van der Waals surface area contributed by atoms with Gasteiger partial charge in [0.2, 0.25) is 0 Å². The third-order valence-corrected chi connectivity index (χ3v) is 4.62. The number of aromatic nitrogens is 1. The Bertz CT molecular complexity index is 883. The van der Waals surface area contributed by atoms with Crippen molar-refractivity contribution < 1.29 is 4.79 Å². The van der Waals surface area contributed by atoms with Crippen molar-refractivity contribution in [1.82, 2.24) is 4.98 Å². The molecule has 0 saturated heterocycles. The van der Waals surface area contributed by atoms with Gasteiger partial charge in [-0.1, -0.05) is 62.7 Å². The summed E-state index contributed by atoms with van der Waals surface area (Å²) < 4.78 is 0. The van der Waals surface area contributed by atoms with E-state index in [0.717, 1.165) is 34.0 Å². The highest BCUT2D eigenvalue weighted by Crippen LogP contribution is 2.35. The van der Waals surface area contributed by atoms with Crippen molar-refractivity contribution in [3.05, 3.63) is 58.1 Å². The number of hydrogen-bond donors (Lipinski definition) is 1. The Labute approximate surface area is 141 Å². The van der Waals surface area contributed by atoms with Crippen LogP contribution in [0.4, 0.5) is 0 Å². The summed E-state index contributed by atoms with van der Waals surface area (Å²) in [5.41, 5.74) is 5.81. The molecule has 1 N–H and O–H groups in total. The minimum Gasteiger partial charge on any atom is -0.354 e. The summed E-state index contributed by atoms with van der Waals surface area (Å²) >= 11 is 6.32. The molecule has 3 rings (SSSR count). The first-order valence-electron chi connectivity index (χ1n) is 7.70. The van der Waals surface area contributed by atoms with Crippen molar-refractivity contribution in [2.75, 3.05) is 0 Å². The molecule has 0 unspecified atom stereocenters. The first-order valence-corrected chi connectivity index (χ1v) is 8.07. The fourth-order valence-electron chi connectivity index (χ4n) is 2.91. The second-order valence-electron chi connectivity index (χ2n) is 6.97. The van der Waals surface area contributed by atoms with Crippen LogP contribution in [-0.2, 0) is 5.41 Å². The van der Waals surface area contributed by atoms with Crippen LogP contribution in [0.3, 0.4) is 0 Å². The van der Waals surface area contributed by atoms with E-state index < -0.39 is 0 Å². The van der Waals surface area contributed by atoms with Crippen LogP contribution < -0.4 is 0 Å². The molecule has 0 fully saturated rings. The Kier molecular flexibility index (Phi) is 3.81. The van der Waals surface area contributed by atoms with Crippen molar-refractivity contribution in [1.29, 1.82) is 0 Å². The number of fused-ring (bicyclic) bond motifs is 1. The molecule has 0 saturated carbocycles. The fourth-order valence-corrected chi connectivity index (χ4v) is 3.16. The van der Waals surface area contributed by atoms with Crippen LogP contribution in [0.5, 0.6) is 0 Å². The largest absolute Gasteiger partial charge is 0.354 e. The monoisotopic (exact) mass is 325 g/mol. The summed E-state index contributed by atoms with van der Waals surface area (Å²) in [6.45, 7) is 8.57. The van der Waals surface area contributed by atoms with E-state index in [2.05, 4.69) is 50.0 Å².